The van der Waals surface area contributed by atoms with Gasteiger partial charge in [0.1, 0.15) is 5.58 Å². The van der Waals surface area contributed by atoms with Gasteiger partial charge in [0.25, 0.3) is 0 Å². The largest absolute Gasteiger partial charge is 0.454 e. The van der Waals surface area contributed by atoms with Crippen LogP contribution in [0.3, 0.4) is 0 Å². The number of rotatable bonds is 4. The monoisotopic (exact) mass is 700 g/mol. The Bertz CT molecular complexity index is 2830. The number of hydrogen-bond acceptors (Lipinski definition) is 2. The first kappa shape index (κ1) is 31.7. The summed E-state index contributed by atoms with van der Waals surface area (Å²) >= 11 is 0. The number of para-hydroxylation sites is 3. The molecule has 4 aliphatic rings. The van der Waals surface area contributed by atoms with Crippen molar-refractivity contribution in [2.24, 2.45) is 11.8 Å². The van der Waals surface area contributed by atoms with Gasteiger partial charge in [0.15, 0.2) is 5.58 Å². The predicted molar refractivity (Wildman–Crippen MR) is 227 cm³/mol. The van der Waals surface area contributed by atoms with E-state index in [1.165, 1.54) is 61.2 Å². The zero-order chi connectivity index (χ0) is 36.1. The van der Waals surface area contributed by atoms with Gasteiger partial charge in [-0.3, -0.25) is 0 Å². The van der Waals surface area contributed by atoms with E-state index in [9.17, 15) is 0 Å². The average Bonchev–Trinajstić information content (AvgIpc) is 3.74. The fourth-order valence-electron chi connectivity index (χ4n) is 10.5. The molecule has 0 spiro atoms. The maximum atomic E-state index is 6.97. The second-order valence-electron chi connectivity index (χ2n) is 16.4. The molecule has 2 aromatic heterocycles. The fourth-order valence-corrected chi connectivity index (χ4v) is 10.5. The topological polar surface area (TPSA) is 21.3 Å². The van der Waals surface area contributed by atoms with Gasteiger partial charge in [-0.2, -0.15) is 0 Å². The molecule has 54 heavy (non-hydrogen) atoms. The van der Waals surface area contributed by atoms with Gasteiger partial charge in [-0.25, -0.2) is 0 Å². The van der Waals surface area contributed by atoms with Gasteiger partial charge in [-0.15, -0.1) is 0 Å². The highest BCUT2D eigenvalue weighted by atomic mass is 16.3. The molecule has 0 saturated carbocycles. The Morgan fingerprint density at radius 1 is 0.778 bits per heavy atom. The standard InChI is InChI=1S/C51H44N2O/c1-32-28-40-37-22-9-12-25-42(37)51(2,3)43(40)31-45(32)52(35-19-5-4-6-20-35)46-30-41-38-23-11-14-27-47(38)54-50(41)49-48(46)39-24-10-13-26-44(39)53(49)36-21-15-18-33-16-7-8-17-34(33)29-36/h4-6,9-20,22-30,32,43,45H,7-8,21,31H2,1-3H3. The van der Waals surface area contributed by atoms with Gasteiger partial charge in [0.05, 0.1) is 16.7 Å². The Balaban J connectivity index is 1.23. The Labute approximate surface area is 316 Å². The first-order chi connectivity index (χ1) is 26.5. The minimum absolute atomic E-state index is 0.0415. The maximum absolute atomic E-state index is 6.97. The molecule has 2 heterocycles. The van der Waals surface area contributed by atoms with E-state index < -0.39 is 0 Å². The van der Waals surface area contributed by atoms with Crippen molar-refractivity contribution in [2.75, 3.05) is 4.90 Å². The van der Waals surface area contributed by atoms with Crippen molar-refractivity contribution in [2.45, 2.75) is 57.9 Å². The second kappa shape index (κ2) is 11.9. The lowest BCUT2D eigenvalue weighted by Crippen LogP contribution is -2.42. The van der Waals surface area contributed by atoms with Gasteiger partial charge < -0.3 is 13.9 Å². The van der Waals surface area contributed by atoms with E-state index in [0.717, 1.165) is 53.1 Å². The number of furan rings is 1. The molecular weight excluding hydrogens is 657 g/mol. The number of hydrogen-bond donors (Lipinski definition) is 0. The third kappa shape index (κ3) is 4.54. The molecule has 3 heteroatoms. The van der Waals surface area contributed by atoms with Crippen LogP contribution in [0.25, 0.3) is 55.0 Å². The number of anilines is 2. The molecule has 5 aromatic carbocycles. The SMILES string of the molecule is CC1C=C2c3ccccc3C(C)(C)C2CC1N(c1ccccc1)c1cc2c3ccccc3oc2c2c1c1ccccc1n2C1=CC2=CCCC=C2C=CC1. The van der Waals surface area contributed by atoms with Crippen molar-refractivity contribution in [1.29, 1.82) is 0 Å². The first-order valence-electron chi connectivity index (χ1n) is 19.8. The molecule has 4 aliphatic carbocycles. The van der Waals surface area contributed by atoms with Crippen molar-refractivity contribution in [3.63, 3.8) is 0 Å². The molecule has 0 radical (unpaired) electrons. The molecule has 264 valence electrons. The predicted octanol–water partition coefficient (Wildman–Crippen LogP) is 13.7. The highest BCUT2D eigenvalue weighted by Crippen LogP contribution is 2.57. The van der Waals surface area contributed by atoms with E-state index >= 15 is 0 Å². The number of aromatic nitrogens is 1. The van der Waals surface area contributed by atoms with Gasteiger partial charge in [-0.05, 0) is 101 Å². The number of allylic oxidation sites excluding steroid dienone is 9. The molecule has 0 amide bonds. The summed E-state index contributed by atoms with van der Waals surface area (Å²) in [4.78, 5) is 2.71. The first-order valence-corrected chi connectivity index (χ1v) is 19.8. The molecule has 0 aliphatic heterocycles. The van der Waals surface area contributed by atoms with Crippen LogP contribution in [0.1, 0.15) is 57.6 Å². The van der Waals surface area contributed by atoms with E-state index in [0.29, 0.717) is 11.8 Å². The zero-order valence-electron chi connectivity index (χ0n) is 31.2. The molecule has 7 aromatic rings. The van der Waals surface area contributed by atoms with E-state index in [1.807, 2.05) is 0 Å². The normalized spacial score (nSPS) is 21.6. The summed E-state index contributed by atoms with van der Waals surface area (Å²) in [6, 6.07) is 40.6. The van der Waals surface area contributed by atoms with Crippen LogP contribution in [0.2, 0.25) is 0 Å². The Morgan fingerprint density at radius 2 is 1.52 bits per heavy atom. The quantitative estimate of drug-likeness (QED) is 0.182. The van der Waals surface area contributed by atoms with Crippen LogP contribution in [-0.2, 0) is 5.41 Å². The lowest BCUT2D eigenvalue weighted by molar-refractivity contribution is 0.325. The van der Waals surface area contributed by atoms with Crippen molar-refractivity contribution >= 4 is 66.4 Å². The van der Waals surface area contributed by atoms with Crippen LogP contribution in [0.15, 0.2) is 161 Å². The van der Waals surface area contributed by atoms with Gasteiger partial charge in [0.2, 0.25) is 0 Å². The second-order valence-corrected chi connectivity index (χ2v) is 16.4. The van der Waals surface area contributed by atoms with E-state index in [-0.39, 0.29) is 11.5 Å². The molecule has 3 nitrogen and oxygen atoms in total. The summed E-state index contributed by atoms with van der Waals surface area (Å²) in [6.07, 6.45) is 18.6. The van der Waals surface area contributed by atoms with Gasteiger partial charge in [0, 0.05) is 45.4 Å². The molecule has 0 bridgehead atoms. The Kier molecular flexibility index (Phi) is 6.96. The average molecular weight is 701 g/mol. The molecule has 11 rings (SSSR count). The summed E-state index contributed by atoms with van der Waals surface area (Å²) in [5, 5.41) is 4.82. The van der Waals surface area contributed by atoms with Crippen LogP contribution >= 0.6 is 0 Å². The number of nitrogens with zero attached hydrogens (tertiary/aromatic N) is 2. The zero-order valence-corrected chi connectivity index (χ0v) is 31.2. The maximum Gasteiger partial charge on any atom is 0.160 e. The molecule has 0 fully saturated rings. The number of benzene rings is 5. The third-order valence-corrected chi connectivity index (χ3v) is 13.1. The third-order valence-electron chi connectivity index (χ3n) is 13.1. The molecule has 0 N–H and O–H groups in total. The summed E-state index contributed by atoms with van der Waals surface area (Å²) in [5.41, 5.74) is 15.1. The molecular formula is C51H44N2O. The van der Waals surface area contributed by atoms with E-state index in [2.05, 4.69) is 176 Å². The Morgan fingerprint density at radius 3 is 2.39 bits per heavy atom. The van der Waals surface area contributed by atoms with Crippen LogP contribution in [0, 0.1) is 11.8 Å². The van der Waals surface area contributed by atoms with Crippen LogP contribution < -0.4 is 4.90 Å². The van der Waals surface area contributed by atoms with Crippen molar-refractivity contribution in [3.05, 3.63) is 168 Å². The minimum Gasteiger partial charge on any atom is -0.454 e. The lowest BCUT2D eigenvalue weighted by atomic mass is 9.69. The minimum atomic E-state index is 0.0415. The summed E-state index contributed by atoms with van der Waals surface area (Å²) in [5.74, 6) is 0.739. The lowest BCUT2D eigenvalue weighted by Gasteiger charge is -2.44. The van der Waals surface area contributed by atoms with Crippen molar-refractivity contribution in [1.82, 2.24) is 4.57 Å². The fraction of sp³-hybridized carbons (Fsp3) is 0.216. The van der Waals surface area contributed by atoms with Gasteiger partial charge >= 0.3 is 0 Å². The smallest absolute Gasteiger partial charge is 0.160 e. The van der Waals surface area contributed by atoms with Crippen LogP contribution in [0.4, 0.5) is 11.4 Å². The summed E-state index contributed by atoms with van der Waals surface area (Å²) in [6.45, 7) is 7.36. The summed E-state index contributed by atoms with van der Waals surface area (Å²) < 4.78 is 9.50. The van der Waals surface area contributed by atoms with Crippen molar-refractivity contribution in [3.8, 4) is 0 Å². The molecule has 0 saturated heterocycles. The highest BCUT2D eigenvalue weighted by molar-refractivity contribution is 6.26. The molecule has 3 unspecified atom stereocenters. The van der Waals surface area contributed by atoms with Crippen molar-refractivity contribution < 1.29 is 4.42 Å². The molecule has 3 atom stereocenters. The Hall–Kier alpha value is -5.80. The highest BCUT2D eigenvalue weighted by Gasteiger charge is 2.47. The number of fused-ring (bicyclic) bond motifs is 11. The van der Waals surface area contributed by atoms with Crippen LogP contribution in [0.5, 0.6) is 0 Å². The van der Waals surface area contributed by atoms with Crippen LogP contribution in [-0.4, -0.2) is 10.6 Å². The van der Waals surface area contributed by atoms with E-state index in [4.69, 9.17) is 4.42 Å². The van der Waals surface area contributed by atoms with E-state index in [1.54, 1.807) is 0 Å². The van der Waals surface area contributed by atoms with Gasteiger partial charge in [-0.1, -0.05) is 130 Å². The summed E-state index contributed by atoms with van der Waals surface area (Å²) in [7, 11) is 0.